The SMILES string of the molecule is COC(=O)CC[C@@H](NC(=O)c1ccnc2ccccc12)C(N)=O. The summed E-state index contributed by atoms with van der Waals surface area (Å²) in [4.78, 5) is 39.2. The van der Waals surface area contributed by atoms with Crippen molar-refractivity contribution in [1.82, 2.24) is 10.3 Å². The number of primary amides is 1. The Balaban J connectivity index is 2.17. The fraction of sp³-hybridized carbons (Fsp3) is 0.250. The maximum absolute atomic E-state index is 12.4. The molecule has 3 N–H and O–H groups in total. The standard InChI is InChI=1S/C16H17N3O4/c1-23-14(20)7-6-13(15(17)21)19-16(22)11-8-9-18-12-5-3-2-4-10(11)12/h2-5,8-9,13H,6-7H2,1H3,(H2,17,21)(H,19,22)/t13-/m1/s1. The Hall–Kier alpha value is -2.96. The summed E-state index contributed by atoms with van der Waals surface area (Å²) in [5.74, 6) is -1.63. The molecule has 0 unspecified atom stereocenters. The van der Waals surface area contributed by atoms with E-state index in [1.807, 2.05) is 6.07 Å². The molecule has 0 saturated heterocycles. The highest BCUT2D eigenvalue weighted by atomic mass is 16.5. The number of nitrogens with two attached hydrogens (primary N) is 1. The molecule has 0 spiro atoms. The normalized spacial score (nSPS) is 11.7. The molecule has 1 aromatic heterocycles. The van der Waals surface area contributed by atoms with Crippen molar-refractivity contribution in [3.63, 3.8) is 0 Å². The van der Waals surface area contributed by atoms with Gasteiger partial charge in [0.1, 0.15) is 6.04 Å². The number of hydrogen-bond acceptors (Lipinski definition) is 5. The van der Waals surface area contributed by atoms with E-state index in [1.54, 1.807) is 24.3 Å². The molecule has 1 atom stereocenters. The maximum atomic E-state index is 12.4. The number of carbonyl (C=O) groups is 3. The van der Waals surface area contributed by atoms with Crippen LogP contribution >= 0.6 is 0 Å². The lowest BCUT2D eigenvalue weighted by Crippen LogP contribution is -2.44. The topological polar surface area (TPSA) is 111 Å². The van der Waals surface area contributed by atoms with Gasteiger partial charge in [0.05, 0.1) is 18.2 Å². The summed E-state index contributed by atoms with van der Waals surface area (Å²) in [6.07, 6.45) is 1.59. The molecule has 2 aromatic rings. The number of rotatable bonds is 6. The van der Waals surface area contributed by atoms with Gasteiger partial charge in [-0.05, 0) is 18.6 Å². The van der Waals surface area contributed by atoms with Gasteiger partial charge in [0.25, 0.3) is 5.91 Å². The quantitative estimate of drug-likeness (QED) is 0.765. The summed E-state index contributed by atoms with van der Waals surface area (Å²) < 4.78 is 4.52. The molecule has 0 aliphatic rings. The lowest BCUT2D eigenvalue weighted by Gasteiger charge is -2.15. The number of hydrogen-bond donors (Lipinski definition) is 2. The molecule has 0 saturated carbocycles. The van der Waals surface area contributed by atoms with E-state index in [4.69, 9.17) is 5.73 Å². The molecule has 0 radical (unpaired) electrons. The van der Waals surface area contributed by atoms with Gasteiger partial charge < -0.3 is 15.8 Å². The van der Waals surface area contributed by atoms with Crippen LogP contribution < -0.4 is 11.1 Å². The molecule has 0 aliphatic heterocycles. The second-order valence-corrected chi connectivity index (χ2v) is 4.92. The third-order valence-corrected chi connectivity index (χ3v) is 3.41. The predicted molar refractivity (Wildman–Crippen MR) is 83.4 cm³/mol. The van der Waals surface area contributed by atoms with Crippen LogP contribution in [0.25, 0.3) is 10.9 Å². The molecule has 1 heterocycles. The van der Waals surface area contributed by atoms with Gasteiger partial charge in [-0.2, -0.15) is 0 Å². The fourth-order valence-electron chi connectivity index (χ4n) is 2.18. The summed E-state index contributed by atoms with van der Waals surface area (Å²) in [5, 5.41) is 3.23. The number of amides is 2. The number of aromatic nitrogens is 1. The van der Waals surface area contributed by atoms with Crippen LogP contribution in [0, 0.1) is 0 Å². The highest BCUT2D eigenvalue weighted by Crippen LogP contribution is 2.16. The number of carbonyl (C=O) groups excluding carboxylic acids is 3. The summed E-state index contributed by atoms with van der Waals surface area (Å²) in [7, 11) is 1.25. The largest absolute Gasteiger partial charge is 0.469 e. The zero-order chi connectivity index (χ0) is 16.8. The van der Waals surface area contributed by atoms with E-state index in [9.17, 15) is 14.4 Å². The minimum absolute atomic E-state index is 0.0124. The average Bonchev–Trinajstić information content (AvgIpc) is 2.57. The monoisotopic (exact) mass is 315 g/mol. The van der Waals surface area contributed by atoms with Crippen LogP contribution in [0.15, 0.2) is 36.5 Å². The van der Waals surface area contributed by atoms with Gasteiger partial charge in [-0.25, -0.2) is 0 Å². The number of benzene rings is 1. The molecule has 23 heavy (non-hydrogen) atoms. The maximum Gasteiger partial charge on any atom is 0.305 e. The first-order valence-corrected chi connectivity index (χ1v) is 7.03. The van der Waals surface area contributed by atoms with Crippen molar-refractivity contribution >= 4 is 28.7 Å². The van der Waals surface area contributed by atoms with Crippen LogP contribution in [0.1, 0.15) is 23.2 Å². The van der Waals surface area contributed by atoms with Crippen molar-refractivity contribution in [3.05, 3.63) is 42.1 Å². The minimum atomic E-state index is -0.950. The summed E-state index contributed by atoms with van der Waals surface area (Å²) in [5.41, 5.74) is 6.35. The van der Waals surface area contributed by atoms with E-state index in [0.717, 1.165) is 0 Å². The highest BCUT2D eigenvalue weighted by molar-refractivity contribution is 6.07. The molecule has 0 aliphatic carbocycles. The Morgan fingerprint density at radius 1 is 1.26 bits per heavy atom. The zero-order valence-electron chi connectivity index (χ0n) is 12.6. The Morgan fingerprint density at radius 2 is 2.00 bits per heavy atom. The van der Waals surface area contributed by atoms with Crippen LogP contribution in [0.4, 0.5) is 0 Å². The Bertz CT molecular complexity index is 740. The number of nitrogens with zero attached hydrogens (tertiary/aromatic N) is 1. The Morgan fingerprint density at radius 3 is 2.70 bits per heavy atom. The smallest absolute Gasteiger partial charge is 0.305 e. The van der Waals surface area contributed by atoms with Crippen molar-refractivity contribution in [2.75, 3.05) is 7.11 Å². The van der Waals surface area contributed by atoms with E-state index < -0.39 is 23.8 Å². The van der Waals surface area contributed by atoms with Crippen molar-refractivity contribution in [2.24, 2.45) is 5.73 Å². The van der Waals surface area contributed by atoms with Gasteiger partial charge in [0, 0.05) is 18.0 Å². The predicted octanol–water partition coefficient (Wildman–Crippen LogP) is 0.772. The van der Waals surface area contributed by atoms with Gasteiger partial charge in [0.15, 0.2) is 0 Å². The third-order valence-electron chi connectivity index (χ3n) is 3.41. The lowest BCUT2D eigenvalue weighted by atomic mass is 10.1. The van der Waals surface area contributed by atoms with Gasteiger partial charge in [-0.15, -0.1) is 0 Å². The number of fused-ring (bicyclic) bond motifs is 1. The lowest BCUT2D eigenvalue weighted by molar-refractivity contribution is -0.140. The second-order valence-electron chi connectivity index (χ2n) is 4.92. The van der Waals surface area contributed by atoms with Crippen LogP contribution in [0.5, 0.6) is 0 Å². The van der Waals surface area contributed by atoms with E-state index in [2.05, 4.69) is 15.0 Å². The first kappa shape index (κ1) is 16.4. The summed E-state index contributed by atoms with van der Waals surface area (Å²) >= 11 is 0. The third kappa shape index (κ3) is 4.03. The van der Waals surface area contributed by atoms with Gasteiger partial charge >= 0.3 is 5.97 Å². The van der Waals surface area contributed by atoms with Gasteiger partial charge in [-0.1, -0.05) is 18.2 Å². The summed E-state index contributed by atoms with van der Waals surface area (Å²) in [6, 6.07) is 7.78. The number of para-hydroxylation sites is 1. The molecule has 2 rings (SSSR count). The van der Waals surface area contributed by atoms with Gasteiger partial charge in [0.2, 0.25) is 5.91 Å². The molecule has 1 aromatic carbocycles. The zero-order valence-corrected chi connectivity index (χ0v) is 12.6. The molecule has 7 heteroatoms. The number of nitrogens with one attached hydrogen (secondary N) is 1. The molecular formula is C16H17N3O4. The highest BCUT2D eigenvalue weighted by Gasteiger charge is 2.21. The first-order valence-electron chi connectivity index (χ1n) is 7.03. The molecule has 2 amide bonds. The van der Waals surface area contributed by atoms with Crippen LogP contribution in [0.2, 0.25) is 0 Å². The molecular weight excluding hydrogens is 298 g/mol. The number of ether oxygens (including phenoxy) is 1. The van der Waals surface area contributed by atoms with Crippen LogP contribution in [0.3, 0.4) is 0 Å². The summed E-state index contributed by atoms with van der Waals surface area (Å²) in [6.45, 7) is 0. The number of pyridine rings is 1. The first-order chi connectivity index (χ1) is 11.0. The second kappa shape index (κ2) is 7.35. The van der Waals surface area contributed by atoms with E-state index >= 15 is 0 Å². The van der Waals surface area contributed by atoms with Crippen molar-refractivity contribution < 1.29 is 19.1 Å². The van der Waals surface area contributed by atoms with Crippen LogP contribution in [-0.2, 0) is 14.3 Å². The van der Waals surface area contributed by atoms with Crippen molar-refractivity contribution in [3.8, 4) is 0 Å². The molecule has 120 valence electrons. The Labute approximate surface area is 132 Å². The van der Waals surface area contributed by atoms with E-state index in [1.165, 1.54) is 13.3 Å². The fourth-order valence-corrected chi connectivity index (χ4v) is 2.18. The van der Waals surface area contributed by atoms with Crippen LogP contribution in [-0.4, -0.2) is 35.9 Å². The Kier molecular flexibility index (Phi) is 5.24. The molecule has 0 fully saturated rings. The minimum Gasteiger partial charge on any atom is -0.469 e. The van der Waals surface area contributed by atoms with Crippen molar-refractivity contribution in [2.45, 2.75) is 18.9 Å². The van der Waals surface area contributed by atoms with E-state index in [0.29, 0.717) is 16.5 Å². The van der Waals surface area contributed by atoms with Crippen molar-refractivity contribution in [1.29, 1.82) is 0 Å². The molecule has 7 nitrogen and oxygen atoms in total. The van der Waals surface area contributed by atoms with E-state index in [-0.39, 0.29) is 12.8 Å². The average molecular weight is 315 g/mol. The number of esters is 1. The van der Waals surface area contributed by atoms with Gasteiger partial charge in [-0.3, -0.25) is 19.4 Å². The molecule has 0 bridgehead atoms. The number of methoxy groups -OCH3 is 1.